The molecule has 0 aliphatic carbocycles. The molecule has 0 aromatic carbocycles. The zero-order valence-electron chi connectivity index (χ0n) is 14.4. The van der Waals surface area contributed by atoms with Crippen LogP contribution in [0.2, 0.25) is 0 Å². The lowest BCUT2D eigenvalue weighted by Gasteiger charge is -2.38. The number of piperidine rings is 1. The SMILES string of the molecule is CCCCC1CC(NCCC(C)C)CN(CC(=O)OC)C1. The summed E-state index contributed by atoms with van der Waals surface area (Å²) >= 11 is 0. The molecule has 2 unspecified atom stereocenters. The lowest BCUT2D eigenvalue weighted by Crippen LogP contribution is -2.51. The van der Waals surface area contributed by atoms with Crippen LogP contribution in [0.1, 0.15) is 52.9 Å². The van der Waals surface area contributed by atoms with E-state index in [-0.39, 0.29) is 5.97 Å². The highest BCUT2D eigenvalue weighted by atomic mass is 16.5. The van der Waals surface area contributed by atoms with Gasteiger partial charge in [-0.15, -0.1) is 0 Å². The molecule has 0 aromatic heterocycles. The Labute approximate surface area is 130 Å². The number of carbonyl (C=O) groups excluding carboxylic acids is 1. The molecule has 21 heavy (non-hydrogen) atoms. The molecule has 1 heterocycles. The second kappa shape index (κ2) is 10.2. The van der Waals surface area contributed by atoms with Crippen LogP contribution in [0.15, 0.2) is 0 Å². The van der Waals surface area contributed by atoms with Gasteiger partial charge in [-0.3, -0.25) is 9.69 Å². The van der Waals surface area contributed by atoms with Crippen molar-refractivity contribution in [3.8, 4) is 0 Å². The Morgan fingerprint density at radius 1 is 1.38 bits per heavy atom. The molecule has 1 rings (SSSR count). The Balaban J connectivity index is 2.46. The number of unbranched alkanes of at least 4 members (excludes halogenated alkanes) is 1. The fourth-order valence-electron chi connectivity index (χ4n) is 3.10. The predicted octanol–water partition coefficient (Wildman–Crippen LogP) is 2.68. The average molecular weight is 298 g/mol. The van der Waals surface area contributed by atoms with Crippen LogP contribution in [0.5, 0.6) is 0 Å². The Morgan fingerprint density at radius 3 is 2.76 bits per heavy atom. The molecular formula is C17H34N2O2. The highest BCUT2D eigenvalue weighted by molar-refractivity contribution is 5.71. The Morgan fingerprint density at radius 2 is 2.14 bits per heavy atom. The van der Waals surface area contributed by atoms with Gasteiger partial charge in [0.1, 0.15) is 0 Å². The van der Waals surface area contributed by atoms with Gasteiger partial charge >= 0.3 is 5.97 Å². The second-order valence-electron chi connectivity index (χ2n) is 6.85. The summed E-state index contributed by atoms with van der Waals surface area (Å²) in [7, 11) is 1.47. The number of ether oxygens (including phenoxy) is 1. The maximum atomic E-state index is 11.5. The van der Waals surface area contributed by atoms with Crippen LogP contribution in [-0.2, 0) is 9.53 Å². The summed E-state index contributed by atoms with van der Waals surface area (Å²) in [4.78, 5) is 13.8. The van der Waals surface area contributed by atoms with E-state index < -0.39 is 0 Å². The van der Waals surface area contributed by atoms with Gasteiger partial charge < -0.3 is 10.1 Å². The van der Waals surface area contributed by atoms with Crippen molar-refractivity contribution in [2.75, 3.05) is 33.3 Å². The molecule has 1 fully saturated rings. The molecule has 1 saturated heterocycles. The molecule has 1 aliphatic heterocycles. The molecule has 124 valence electrons. The van der Waals surface area contributed by atoms with Crippen molar-refractivity contribution < 1.29 is 9.53 Å². The first kappa shape index (κ1) is 18.4. The van der Waals surface area contributed by atoms with Crippen LogP contribution >= 0.6 is 0 Å². The number of hydrogen-bond donors (Lipinski definition) is 1. The Bertz CT molecular complexity index is 295. The van der Waals surface area contributed by atoms with E-state index in [1.165, 1.54) is 39.2 Å². The van der Waals surface area contributed by atoms with E-state index in [4.69, 9.17) is 4.74 Å². The van der Waals surface area contributed by atoms with Crippen molar-refractivity contribution in [2.45, 2.75) is 58.9 Å². The van der Waals surface area contributed by atoms with Gasteiger partial charge in [-0.25, -0.2) is 0 Å². The molecule has 2 atom stereocenters. The summed E-state index contributed by atoms with van der Waals surface area (Å²) in [6, 6.07) is 0.518. The van der Waals surface area contributed by atoms with Crippen molar-refractivity contribution in [3.63, 3.8) is 0 Å². The van der Waals surface area contributed by atoms with Crippen molar-refractivity contribution in [1.82, 2.24) is 10.2 Å². The third-order valence-corrected chi connectivity index (χ3v) is 4.31. The minimum atomic E-state index is -0.118. The third kappa shape index (κ3) is 7.82. The highest BCUT2D eigenvalue weighted by Gasteiger charge is 2.27. The number of hydrogen-bond acceptors (Lipinski definition) is 4. The maximum absolute atomic E-state index is 11.5. The summed E-state index contributed by atoms with van der Waals surface area (Å²) in [5.41, 5.74) is 0. The molecule has 0 bridgehead atoms. The van der Waals surface area contributed by atoms with Gasteiger partial charge in [-0.05, 0) is 37.6 Å². The first-order valence-electron chi connectivity index (χ1n) is 8.57. The minimum Gasteiger partial charge on any atom is -0.468 e. The van der Waals surface area contributed by atoms with Crippen LogP contribution < -0.4 is 5.32 Å². The van der Waals surface area contributed by atoms with Gasteiger partial charge in [0.05, 0.1) is 13.7 Å². The molecule has 4 nitrogen and oxygen atoms in total. The summed E-state index contributed by atoms with van der Waals surface area (Å²) in [6.45, 7) is 10.3. The van der Waals surface area contributed by atoms with Crippen LogP contribution in [0.3, 0.4) is 0 Å². The van der Waals surface area contributed by atoms with Gasteiger partial charge in [0.25, 0.3) is 0 Å². The Hall–Kier alpha value is -0.610. The van der Waals surface area contributed by atoms with Crippen LogP contribution in [0, 0.1) is 11.8 Å². The number of rotatable bonds is 9. The van der Waals surface area contributed by atoms with Crippen LogP contribution in [0.25, 0.3) is 0 Å². The molecular weight excluding hydrogens is 264 g/mol. The minimum absolute atomic E-state index is 0.118. The van der Waals surface area contributed by atoms with Gasteiger partial charge in [0, 0.05) is 19.1 Å². The molecule has 0 amide bonds. The van der Waals surface area contributed by atoms with E-state index in [9.17, 15) is 4.79 Å². The highest BCUT2D eigenvalue weighted by Crippen LogP contribution is 2.22. The first-order valence-corrected chi connectivity index (χ1v) is 8.57. The summed E-state index contributed by atoms with van der Waals surface area (Å²) in [5.74, 6) is 1.33. The predicted molar refractivity (Wildman–Crippen MR) is 87.3 cm³/mol. The molecule has 0 aromatic rings. The van der Waals surface area contributed by atoms with E-state index >= 15 is 0 Å². The van der Waals surface area contributed by atoms with E-state index in [1.54, 1.807) is 0 Å². The molecule has 0 saturated carbocycles. The summed E-state index contributed by atoms with van der Waals surface area (Å²) in [6.07, 6.45) is 6.27. The molecule has 4 heteroatoms. The number of esters is 1. The largest absolute Gasteiger partial charge is 0.468 e. The van der Waals surface area contributed by atoms with Gasteiger partial charge in [0.15, 0.2) is 0 Å². The van der Waals surface area contributed by atoms with Gasteiger partial charge in [0.2, 0.25) is 0 Å². The number of methoxy groups -OCH3 is 1. The van der Waals surface area contributed by atoms with Gasteiger partial charge in [-0.2, -0.15) is 0 Å². The lowest BCUT2D eigenvalue weighted by molar-refractivity contribution is -0.142. The van der Waals surface area contributed by atoms with Crippen molar-refractivity contribution in [1.29, 1.82) is 0 Å². The van der Waals surface area contributed by atoms with Crippen LogP contribution in [-0.4, -0.2) is 50.2 Å². The summed E-state index contributed by atoms with van der Waals surface area (Å²) < 4.78 is 4.82. The molecule has 1 N–H and O–H groups in total. The average Bonchev–Trinajstić information content (AvgIpc) is 2.44. The third-order valence-electron chi connectivity index (χ3n) is 4.31. The lowest BCUT2D eigenvalue weighted by atomic mass is 9.89. The van der Waals surface area contributed by atoms with E-state index in [0.717, 1.165) is 25.6 Å². The standard InChI is InChI=1S/C17H34N2O2/c1-5-6-7-15-10-16(18-9-8-14(2)3)12-19(11-15)13-17(20)21-4/h14-16,18H,5-13H2,1-4H3. The van der Waals surface area contributed by atoms with Crippen molar-refractivity contribution >= 4 is 5.97 Å². The topological polar surface area (TPSA) is 41.6 Å². The fourth-order valence-corrected chi connectivity index (χ4v) is 3.10. The zero-order chi connectivity index (χ0) is 15.7. The molecule has 0 radical (unpaired) electrons. The second-order valence-corrected chi connectivity index (χ2v) is 6.85. The quantitative estimate of drug-likeness (QED) is 0.665. The smallest absolute Gasteiger partial charge is 0.319 e. The van der Waals surface area contributed by atoms with E-state index in [1.807, 2.05) is 0 Å². The number of nitrogens with one attached hydrogen (secondary N) is 1. The normalized spacial score (nSPS) is 23.5. The van der Waals surface area contributed by atoms with Gasteiger partial charge in [-0.1, -0.05) is 33.6 Å². The van der Waals surface area contributed by atoms with Crippen molar-refractivity contribution in [2.24, 2.45) is 11.8 Å². The van der Waals surface area contributed by atoms with E-state index in [2.05, 4.69) is 31.0 Å². The first-order chi connectivity index (χ1) is 10.0. The van der Waals surface area contributed by atoms with E-state index in [0.29, 0.717) is 18.5 Å². The monoisotopic (exact) mass is 298 g/mol. The molecule has 1 aliphatic rings. The maximum Gasteiger partial charge on any atom is 0.319 e. The van der Waals surface area contributed by atoms with Crippen LogP contribution in [0.4, 0.5) is 0 Å². The van der Waals surface area contributed by atoms with Crippen molar-refractivity contribution in [3.05, 3.63) is 0 Å². The zero-order valence-corrected chi connectivity index (χ0v) is 14.4. The molecule has 0 spiro atoms. The summed E-state index contributed by atoms with van der Waals surface area (Å²) in [5, 5.41) is 3.69. The fraction of sp³-hybridized carbons (Fsp3) is 0.941. The number of likely N-dealkylation sites (tertiary alicyclic amines) is 1. The number of nitrogens with zero attached hydrogens (tertiary/aromatic N) is 1. The number of carbonyl (C=O) groups is 1. The Kier molecular flexibility index (Phi) is 8.93.